The number of urea groups is 1. The van der Waals surface area contributed by atoms with Crippen molar-refractivity contribution in [1.82, 2.24) is 10.3 Å². The van der Waals surface area contributed by atoms with Gasteiger partial charge in [-0.1, -0.05) is 0 Å². The first-order valence-corrected chi connectivity index (χ1v) is 9.94. The van der Waals surface area contributed by atoms with Crippen LogP contribution in [0, 0.1) is 0 Å². The molecule has 25 heavy (non-hydrogen) atoms. The molecule has 0 spiro atoms. The average molecular weight is 379 g/mol. The summed E-state index contributed by atoms with van der Waals surface area (Å²) in [6, 6.07) is 8.21. The lowest BCUT2D eigenvalue weighted by Gasteiger charge is -2.06. The third-order valence-corrected chi connectivity index (χ3v) is 7.07. The molecular weight excluding hydrogens is 362 g/mol. The second kappa shape index (κ2) is 6.85. The number of nitrogens with zero attached hydrogens (tertiary/aromatic N) is 1. The number of fused-ring (bicyclic) bond motifs is 1. The topological polar surface area (TPSA) is 101 Å². The van der Waals surface area contributed by atoms with Crippen LogP contribution >= 0.6 is 11.3 Å². The van der Waals surface area contributed by atoms with Gasteiger partial charge in [-0.15, -0.1) is 11.3 Å². The summed E-state index contributed by atoms with van der Waals surface area (Å²) in [5, 5.41) is 4.85. The van der Waals surface area contributed by atoms with Crippen LogP contribution in [0.15, 0.2) is 45.4 Å². The van der Waals surface area contributed by atoms with E-state index in [1.807, 2.05) is 0 Å². The maximum Gasteiger partial charge on any atom is 0.319 e. The van der Waals surface area contributed by atoms with Crippen LogP contribution in [-0.2, 0) is 16.4 Å². The van der Waals surface area contributed by atoms with Crippen molar-refractivity contribution >= 4 is 43.1 Å². The minimum atomic E-state index is -3.41. The Balaban J connectivity index is 1.73. The minimum absolute atomic E-state index is 0.0944. The summed E-state index contributed by atoms with van der Waals surface area (Å²) in [4.78, 5) is 16.1. The van der Waals surface area contributed by atoms with E-state index in [1.54, 1.807) is 44.2 Å². The highest BCUT2D eigenvalue weighted by molar-refractivity contribution is 7.94. The maximum atomic E-state index is 12.2. The number of rotatable bonds is 5. The maximum absolute atomic E-state index is 12.2. The van der Waals surface area contributed by atoms with E-state index in [0.29, 0.717) is 21.7 Å². The van der Waals surface area contributed by atoms with Crippen molar-refractivity contribution in [1.29, 1.82) is 0 Å². The Morgan fingerprint density at radius 2 is 2.12 bits per heavy atom. The van der Waals surface area contributed by atoms with E-state index < -0.39 is 15.1 Å². The molecule has 0 saturated carbocycles. The Morgan fingerprint density at radius 3 is 2.80 bits per heavy atom. The fourth-order valence-electron chi connectivity index (χ4n) is 2.06. The van der Waals surface area contributed by atoms with E-state index in [-0.39, 0.29) is 16.9 Å². The van der Waals surface area contributed by atoms with Gasteiger partial charge in [0, 0.05) is 5.69 Å². The zero-order valence-electron chi connectivity index (χ0n) is 13.6. The largest absolute Gasteiger partial charge is 0.467 e. The van der Waals surface area contributed by atoms with Crippen molar-refractivity contribution in [3.63, 3.8) is 0 Å². The number of carbonyl (C=O) groups is 1. The minimum Gasteiger partial charge on any atom is -0.467 e. The molecule has 132 valence electrons. The third kappa shape index (κ3) is 3.83. The second-order valence-electron chi connectivity index (χ2n) is 5.64. The van der Waals surface area contributed by atoms with E-state index >= 15 is 0 Å². The van der Waals surface area contributed by atoms with Crippen molar-refractivity contribution in [3.8, 4) is 0 Å². The molecule has 2 N–H and O–H groups in total. The number of amides is 2. The summed E-state index contributed by atoms with van der Waals surface area (Å²) >= 11 is 1.10. The van der Waals surface area contributed by atoms with Crippen molar-refractivity contribution in [2.75, 3.05) is 5.32 Å². The fraction of sp³-hybridized carbons (Fsp3) is 0.250. The van der Waals surface area contributed by atoms with E-state index in [1.165, 1.54) is 6.26 Å². The van der Waals surface area contributed by atoms with Crippen LogP contribution in [0.2, 0.25) is 0 Å². The summed E-state index contributed by atoms with van der Waals surface area (Å²) in [5.74, 6) is 0.650. The number of carbonyl (C=O) groups excluding carboxylic acids is 1. The molecular formula is C16H17N3O4S2. The molecule has 0 aliphatic heterocycles. The van der Waals surface area contributed by atoms with Gasteiger partial charge in [-0.3, -0.25) is 0 Å². The number of anilines is 1. The van der Waals surface area contributed by atoms with Crippen LogP contribution in [-0.4, -0.2) is 24.7 Å². The van der Waals surface area contributed by atoms with Gasteiger partial charge < -0.3 is 15.1 Å². The lowest BCUT2D eigenvalue weighted by Crippen LogP contribution is -2.27. The van der Waals surface area contributed by atoms with E-state index in [2.05, 4.69) is 15.6 Å². The Labute approximate surface area is 149 Å². The molecule has 7 nitrogen and oxygen atoms in total. The van der Waals surface area contributed by atoms with E-state index in [0.717, 1.165) is 11.3 Å². The van der Waals surface area contributed by atoms with Gasteiger partial charge in [0.1, 0.15) is 5.76 Å². The number of hydrogen-bond acceptors (Lipinski definition) is 6. The third-order valence-electron chi connectivity index (χ3n) is 3.49. The van der Waals surface area contributed by atoms with Crippen molar-refractivity contribution < 1.29 is 17.6 Å². The fourth-order valence-corrected chi connectivity index (χ4v) is 4.74. The first-order valence-electron chi connectivity index (χ1n) is 7.58. The molecule has 2 amide bonds. The number of sulfone groups is 1. The standard InChI is InChI=1S/C16H17N3O4S2/c1-10(2)25(21,22)16-19-13-6-5-11(8-14(13)24-16)18-15(20)17-9-12-4-3-7-23-12/h3-8,10H,9H2,1-2H3,(H2,17,18,20). The molecule has 0 aliphatic rings. The Morgan fingerprint density at radius 1 is 1.32 bits per heavy atom. The molecule has 0 unspecified atom stereocenters. The van der Waals surface area contributed by atoms with Crippen LogP contribution in [0.3, 0.4) is 0 Å². The first kappa shape index (κ1) is 17.4. The van der Waals surface area contributed by atoms with Crippen molar-refractivity contribution in [2.24, 2.45) is 0 Å². The van der Waals surface area contributed by atoms with E-state index in [9.17, 15) is 13.2 Å². The number of nitrogens with one attached hydrogen (secondary N) is 2. The molecule has 0 radical (unpaired) electrons. The molecule has 0 saturated heterocycles. The lowest BCUT2D eigenvalue weighted by atomic mass is 10.3. The highest BCUT2D eigenvalue weighted by atomic mass is 32.2. The molecule has 2 aromatic heterocycles. The lowest BCUT2D eigenvalue weighted by molar-refractivity contribution is 0.251. The summed E-state index contributed by atoms with van der Waals surface area (Å²) in [6.45, 7) is 3.52. The van der Waals surface area contributed by atoms with Crippen LogP contribution in [0.5, 0.6) is 0 Å². The quantitative estimate of drug-likeness (QED) is 0.707. The molecule has 2 heterocycles. The second-order valence-corrected chi connectivity index (χ2v) is 9.35. The predicted molar refractivity (Wildman–Crippen MR) is 96.5 cm³/mol. The summed E-state index contributed by atoms with van der Waals surface area (Å²) in [7, 11) is -3.41. The highest BCUT2D eigenvalue weighted by Crippen LogP contribution is 2.29. The SMILES string of the molecule is CC(C)S(=O)(=O)c1nc2ccc(NC(=O)NCc3ccco3)cc2s1. The monoisotopic (exact) mass is 379 g/mol. The highest BCUT2D eigenvalue weighted by Gasteiger charge is 2.23. The molecule has 3 rings (SSSR count). The molecule has 0 bridgehead atoms. The summed E-state index contributed by atoms with van der Waals surface area (Å²) in [6.07, 6.45) is 1.54. The van der Waals surface area contributed by atoms with Crippen LogP contribution < -0.4 is 10.6 Å². The van der Waals surface area contributed by atoms with Gasteiger partial charge in [0.15, 0.2) is 0 Å². The zero-order chi connectivity index (χ0) is 18.0. The van der Waals surface area contributed by atoms with Gasteiger partial charge in [0.2, 0.25) is 14.2 Å². The van der Waals surface area contributed by atoms with Gasteiger partial charge in [-0.2, -0.15) is 0 Å². The van der Waals surface area contributed by atoms with Crippen LogP contribution in [0.1, 0.15) is 19.6 Å². The molecule has 0 atom stereocenters. The number of thiazole rings is 1. The predicted octanol–water partition coefficient (Wildman–Crippen LogP) is 3.39. The smallest absolute Gasteiger partial charge is 0.319 e. The average Bonchev–Trinajstić information content (AvgIpc) is 3.22. The summed E-state index contributed by atoms with van der Waals surface area (Å²) < 4.78 is 30.4. The number of hydrogen-bond donors (Lipinski definition) is 2. The molecule has 0 aliphatic carbocycles. The van der Waals surface area contributed by atoms with Gasteiger partial charge in [0.25, 0.3) is 0 Å². The van der Waals surface area contributed by atoms with Crippen molar-refractivity contribution in [2.45, 2.75) is 30.0 Å². The number of furan rings is 1. The number of benzene rings is 1. The van der Waals surface area contributed by atoms with Gasteiger partial charge in [0.05, 0.1) is 28.3 Å². The molecule has 1 aromatic carbocycles. The van der Waals surface area contributed by atoms with Crippen molar-refractivity contribution in [3.05, 3.63) is 42.4 Å². The Hall–Kier alpha value is -2.39. The Bertz CT molecular complexity index is 992. The Kier molecular flexibility index (Phi) is 4.78. The van der Waals surface area contributed by atoms with Crippen LogP contribution in [0.25, 0.3) is 10.2 Å². The molecule has 9 heteroatoms. The molecule has 0 fully saturated rings. The van der Waals surface area contributed by atoms with Gasteiger partial charge >= 0.3 is 6.03 Å². The molecule has 3 aromatic rings. The van der Waals surface area contributed by atoms with Crippen LogP contribution in [0.4, 0.5) is 10.5 Å². The van der Waals surface area contributed by atoms with Gasteiger partial charge in [-0.05, 0) is 44.2 Å². The van der Waals surface area contributed by atoms with E-state index in [4.69, 9.17) is 4.42 Å². The first-order chi connectivity index (χ1) is 11.9. The normalized spacial score (nSPS) is 11.8. The zero-order valence-corrected chi connectivity index (χ0v) is 15.3. The summed E-state index contributed by atoms with van der Waals surface area (Å²) in [5.41, 5.74) is 1.15. The number of aromatic nitrogens is 1. The van der Waals surface area contributed by atoms with Gasteiger partial charge in [-0.25, -0.2) is 18.2 Å².